The second-order valence-electron chi connectivity index (χ2n) is 8.55. The third-order valence-electron chi connectivity index (χ3n) is 5.18. The minimum absolute atomic E-state index is 0.271. The molecule has 27 heavy (non-hydrogen) atoms. The van der Waals surface area contributed by atoms with Crippen LogP contribution in [0.15, 0.2) is 24.3 Å². The predicted octanol–water partition coefficient (Wildman–Crippen LogP) is 5.67. The molecule has 3 rings (SSSR count). The largest absolute Gasteiger partial charge is 0.444 e. The Bertz CT molecular complexity index is 655. The van der Waals surface area contributed by atoms with Crippen LogP contribution in [-0.4, -0.2) is 29.7 Å². The Kier molecular flexibility index (Phi) is 6.92. The van der Waals surface area contributed by atoms with E-state index in [0.29, 0.717) is 25.9 Å². The molecule has 1 saturated carbocycles. The van der Waals surface area contributed by atoms with Crippen LogP contribution >= 0.6 is 0 Å². The van der Waals surface area contributed by atoms with Crippen molar-refractivity contribution in [3.63, 3.8) is 0 Å². The summed E-state index contributed by atoms with van der Waals surface area (Å²) in [6, 6.07) is 11.3. The second kappa shape index (κ2) is 8.78. The number of hydrogen-bond acceptors (Lipinski definition) is 3. The van der Waals surface area contributed by atoms with Crippen LogP contribution in [0, 0.1) is 16.7 Å². The molecule has 0 atom stereocenters. The highest BCUT2D eigenvalue weighted by molar-refractivity contribution is 5.68. The van der Waals surface area contributed by atoms with Crippen LogP contribution in [0.5, 0.6) is 0 Å². The zero-order chi connectivity index (χ0) is 20.1. The van der Waals surface area contributed by atoms with Crippen LogP contribution < -0.4 is 0 Å². The van der Waals surface area contributed by atoms with Crippen molar-refractivity contribution in [3.8, 4) is 6.07 Å². The number of carbonyl (C=O) groups excluding carboxylic acids is 1. The van der Waals surface area contributed by atoms with Gasteiger partial charge < -0.3 is 9.64 Å². The summed E-state index contributed by atoms with van der Waals surface area (Å²) in [5, 5.41) is 9.78. The fraction of sp³-hybridized carbons (Fsp3) is 0.652. The number of rotatable bonds is 3. The first-order valence-corrected chi connectivity index (χ1v) is 10.3. The lowest BCUT2D eigenvalue weighted by atomic mass is 9.75. The lowest BCUT2D eigenvalue weighted by Crippen LogP contribution is -2.45. The molecule has 1 amide bonds. The molecule has 4 nitrogen and oxygen atoms in total. The summed E-state index contributed by atoms with van der Waals surface area (Å²) in [4.78, 5) is 13.9. The Hall–Kier alpha value is -2.02. The van der Waals surface area contributed by atoms with Gasteiger partial charge >= 0.3 is 6.09 Å². The van der Waals surface area contributed by atoms with Gasteiger partial charge in [0.15, 0.2) is 0 Å². The minimum atomic E-state index is -0.482. The number of amides is 1. The van der Waals surface area contributed by atoms with Gasteiger partial charge in [0.1, 0.15) is 5.60 Å². The summed E-state index contributed by atoms with van der Waals surface area (Å²) in [6.45, 7) is 10.8. The van der Waals surface area contributed by atoms with Crippen molar-refractivity contribution in [2.45, 2.75) is 78.2 Å². The van der Waals surface area contributed by atoms with E-state index >= 15 is 0 Å². The molecule has 1 aromatic carbocycles. The van der Waals surface area contributed by atoms with Gasteiger partial charge in [-0.1, -0.05) is 38.1 Å². The Morgan fingerprint density at radius 1 is 1.19 bits per heavy atom. The fourth-order valence-corrected chi connectivity index (χ4v) is 3.49. The Morgan fingerprint density at radius 3 is 2.19 bits per heavy atom. The summed E-state index contributed by atoms with van der Waals surface area (Å²) in [5.41, 5.74) is 1.79. The number of nitriles is 1. The van der Waals surface area contributed by atoms with Crippen LogP contribution in [0.2, 0.25) is 0 Å². The Balaban J connectivity index is 0.00000126. The van der Waals surface area contributed by atoms with Gasteiger partial charge in [-0.3, -0.25) is 0 Å². The van der Waals surface area contributed by atoms with Crippen molar-refractivity contribution >= 4 is 6.09 Å². The smallest absolute Gasteiger partial charge is 0.410 e. The highest BCUT2D eigenvalue weighted by Gasteiger charge is 2.37. The van der Waals surface area contributed by atoms with Gasteiger partial charge in [0.05, 0.1) is 11.5 Å². The molecule has 1 heterocycles. The normalized spacial score (nSPS) is 18.7. The van der Waals surface area contributed by atoms with Gasteiger partial charge in [0.2, 0.25) is 0 Å². The van der Waals surface area contributed by atoms with Gasteiger partial charge in [-0.2, -0.15) is 5.26 Å². The molecule has 0 aromatic heterocycles. The summed E-state index contributed by atoms with van der Waals surface area (Å²) >= 11 is 0. The highest BCUT2D eigenvalue weighted by atomic mass is 16.6. The summed E-state index contributed by atoms with van der Waals surface area (Å²) in [5.74, 6) is 0.760. The van der Waals surface area contributed by atoms with Crippen LogP contribution in [0.3, 0.4) is 0 Å². The quantitative estimate of drug-likeness (QED) is 0.688. The molecule has 1 saturated heterocycles. The van der Waals surface area contributed by atoms with E-state index < -0.39 is 5.60 Å². The van der Waals surface area contributed by atoms with Crippen molar-refractivity contribution in [2.24, 2.45) is 5.41 Å². The predicted molar refractivity (Wildman–Crippen MR) is 109 cm³/mol. The average Bonchev–Trinajstić information content (AvgIpc) is 3.48. The van der Waals surface area contributed by atoms with Crippen molar-refractivity contribution < 1.29 is 9.53 Å². The van der Waals surface area contributed by atoms with Gasteiger partial charge in [-0.25, -0.2) is 4.79 Å². The van der Waals surface area contributed by atoms with Gasteiger partial charge in [0.25, 0.3) is 0 Å². The number of nitrogens with zero attached hydrogens (tertiary/aromatic N) is 2. The number of piperidine rings is 1. The molecule has 2 aliphatic rings. The van der Waals surface area contributed by atoms with E-state index in [0.717, 1.165) is 12.3 Å². The molecule has 1 aromatic rings. The second-order valence-corrected chi connectivity index (χ2v) is 8.55. The van der Waals surface area contributed by atoms with E-state index in [9.17, 15) is 10.1 Å². The maximum absolute atomic E-state index is 12.2. The topological polar surface area (TPSA) is 53.3 Å². The van der Waals surface area contributed by atoms with E-state index in [1.54, 1.807) is 4.90 Å². The first-order chi connectivity index (χ1) is 12.8. The van der Waals surface area contributed by atoms with Gasteiger partial charge in [0, 0.05) is 13.1 Å². The SMILES string of the molecule is CC.CC(C)(C)OC(=O)N1CCC(C#N)(Cc2ccc(C3CC3)cc2)CC1. The first-order valence-electron chi connectivity index (χ1n) is 10.3. The molecule has 1 aliphatic heterocycles. The molecular formula is C23H34N2O2. The maximum Gasteiger partial charge on any atom is 0.410 e. The van der Waals surface area contributed by atoms with Gasteiger partial charge in [-0.05, 0) is 69.9 Å². The molecule has 0 unspecified atom stereocenters. The van der Waals surface area contributed by atoms with Crippen LogP contribution in [0.1, 0.15) is 77.3 Å². The first kappa shape index (κ1) is 21.3. The molecule has 0 spiro atoms. The number of carbonyl (C=O) groups is 1. The van der Waals surface area contributed by atoms with Crippen LogP contribution in [0.25, 0.3) is 0 Å². The molecule has 0 radical (unpaired) electrons. The number of likely N-dealkylation sites (tertiary alicyclic amines) is 1. The number of benzene rings is 1. The lowest BCUT2D eigenvalue weighted by molar-refractivity contribution is 0.0148. The third-order valence-corrected chi connectivity index (χ3v) is 5.18. The molecule has 4 heteroatoms. The lowest BCUT2D eigenvalue weighted by Gasteiger charge is -2.38. The van der Waals surface area contributed by atoms with Crippen molar-refractivity contribution in [1.29, 1.82) is 5.26 Å². The summed E-state index contributed by atoms with van der Waals surface area (Å²) < 4.78 is 5.44. The van der Waals surface area contributed by atoms with E-state index in [4.69, 9.17) is 4.74 Å². The molecular weight excluding hydrogens is 336 g/mol. The van der Waals surface area contributed by atoms with E-state index in [1.165, 1.54) is 24.0 Å². The van der Waals surface area contributed by atoms with Crippen LogP contribution in [0.4, 0.5) is 4.79 Å². The third kappa shape index (κ3) is 5.99. The maximum atomic E-state index is 12.2. The highest BCUT2D eigenvalue weighted by Crippen LogP contribution is 2.40. The zero-order valence-corrected chi connectivity index (χ0v) is 17.5. The molecule has 148 valence electrons. The molecule has 2 fully saturated rings. The Labute approximate surface area is 164 Å². The summed E-state index contributed by atoms with van der Waals surface area (Å²) in [7, 11) is 0. The molecule has 0 bridgehead atoms. The average molecular weight is 371 g/mol. The van der Waals surface area contributed by atoms with Crippen LogP contribution in [-0.2, 0) is 11.2 Å². The fourth-order valence-electron chi connectivity index (χ4n) is 3.49. The van der Waals surface area contributed by atoms with Crippen molar-refractivity contribution in [3.05, 3.63) is 35.4 Å². The molecule has 0 N–H and O–H groups in total. The van der Waals surface area contributed by atoms with E-state index in [1.807, 2.05) is 34.6 Å². The number of ether oxygens (including phenoxy) is 1. The van der Waals surface area contributed by atoms with E-state index in [-0.39, 0.29) is 11.5 Å². The van der Waals surface area contributed by atoms with E-state index in [2.05, 4.69) is 30.3 Å². The number of hydrogen-bond donors (Lipinski definition) is 0. The summed E-state index contributed by atoms with van der Waals surface area (Å²) in [6.07, 6.45) is 4.51. The standard InChI is InChI=1S/C21H28N2O2.C2H6/c1-20(2,3)25-19(24)23-12-10-21(15-22,11-13-23)14-16-4-6-17(7-5-16)18-8-9-18;1-2/h4-7,18H,8-14H2,1-3H3;1-2H3. The van der Waals surface area contributed by atoms with Crippen molar-refractivity contribution in [2.75, 3.05) is 13.1 Å². The Morgan fingerprint density at radius 2 is 1.74 bits per heavy atom. The van der Waals surface area contributed by atoms with Crippen molar-refractivity contribution in [1.82, 2.24) is 4.90 Å². The monoisotopic (exact) mass is 370 g/mol. The minimum Gasteiger partial charge on any atom is -0.444 e. The zero-order valence-electron chi connectivity index (χ0n) is 17.5. The van der Waals surface area contributed by atoms with Gasteiger partial charge in [-0.15, -0.1) is 0 Å². The molecule has 1 aliphatic carbocycles.